The number of hydrogen-bond acceptors (Lipinski definition) is 3. The van der Waals surface area contributed by atoms with E-state index in [2.05, 4.69) is 0 Å². The summed E-state index contributed by atoms with van der Waals surface area (Å²) in [6.07, 6.45) is 2.48. The molecule has 5 heteroatoms. The molecule has 0 saturated carbocycles. The number of aryl methyl sites for hydroxylation is 1. The van der Waals surface area contributed by atoms with Crippen LogP contribution in [0, 0.1) is 6.92 Å². The maximum Gasteiger partial charge on any atom is 0.223 e. The highest BCUT2D eigenvalue weighted by atomic mass is 35.5. The van der Waals surface area contributed by atoms with Gasteiger partial charge in [-0.3, -0.25) is 9.59 Å². The predicted octanol–water partition coefficient (Wildman–Crippen LogP) is 2.33. The van der Waals surface area contributed by atoms with Crippen LogP contribution in [0.1, 0.15) is 41.6 Å². The summed E-state index contributed by atoms with van der Waals surface area (Å²) in [5.41, 5.74) is 7.67. The van der Waals surface area contributed by atoms with E-state index in [0.717, 1.165) is 24.9 Å². The van der Waals surface area contributed by atoms with Crippen LogP contribution in [0.5, 0.6) is 0 Å². The first-order valence-electron chi connectivity index (χ1n) is 7.19. The summed E-state index contributed by atoms with van der Waals surface area (Å²) in [4.78, 5) is 25.9. The van der Waals surface area contributed by atoms with Gasteiger partial charge in [0.25, 0.3) is 0 Å². The summed E-state index contributed by atoms with van der Waals surface area (Å²) in [6, 6.07) is 7.55. The highest BCUT2D eigenvalue weighted by Crippen LogP contribution is 2.12. The Morgan fingerprint density at radius 2 is 1.90 bits per heavy atom. The second-order valence-electron chi connectivity index (χ2n) is 5.53. The number of ketones is 1. The Balaban J connectivity index is 0.00000220. The van der Waals surface area contributed by atoms with Gasteiger partial charge >= 0.3 is 0 Å². The molecule has 0 radical (unpaired) electrons. The number of amides is 1. The van der Waals surface area contributed by atoms with Crippen LogP contribution in [0.25, 0.3) is 0 Å². The maximum atomic E-state index is 12.1. The average molecular weight is 311 g/mol. The van der Waals surface area contributed by atoms with Gasteiger partial charge in [0.15, 0.2) is 5.78 Å². The normalized spacial score (nSPS) is 18.0. The standard InChI is InChI=1S/C16H22N2O2.ClH/c1-12-4-6-13(7-5-12)15(19)8-9-16(20)18-10-2-3-14(17)11-18;/h4-7,14H,2-3,8-11,17H2,1H3;1H. The number of carbonyl (C=O) groups excluding carboxylic acids is 2. The lowest BCUT2D eigenvalue weighted by molar-refractivity contribution is -0.132. The lowest BCUT2D eigenvalue weighted by atomic mass is 10.0. The summed E-state index contributed by atoms with van der Waals surface area (Å²) in [7, 11) is 0. The minimum absolute atomic E-state index is 0. The Labute approximate surface area is 132 Å². The van der Waals surface area contributed by atoms with E-state index in [9.17, 15) is 9.59 Å². The Hall–Kier alpha value is -1.39. The third kappa shape index (κ3) is 5.14. The number of Topliss-reactive ketones (excluding diaryl/α,β-unsaturated/α-hetero) is 1. The molecule has 0 aliphatic carbocycles. The fraction of sp³-hybridized carbons (Fsp3) is 0.500. The second kappa shape index (κ2) is 8.15. The molecule has 1 amide bonds. The fourth-order valence-corrected chi connectivity index (χ4v) is 2.50. The van der Waals surface area contributed by atoms with Gasteiger partial charge in [-0.2, -0.15) is 0 Å². The number of benzene rings is 1. The first-order valence-corrected chi connectivity index (χ1v) is 7.19. The van der Waals surface area contributed by atoms with Gasteiger partial charge in [0, 0.05) is 37.5 Å². The number of rotatable bonds is 4. The Morgan fingerprint density at radius 1 is 1.24 bits per heavy atom. The SMILES string of the molecule is Cc1ccc(C(=O)CCC(=O)N2CCCC(N)C2)cc1.Cl. The van der Waals surface area contributed by atoms with E-state index in [1.54, 1.807) is 4.90 Å². The van der Waals surface area contributed by atoms with Gasteiger partial charge in [0.2, 0.25) is 5.91 Å². The number of piperidine rings is 1. The molecule has 4 nitrogen and oxygen atoms in total. The number of halogens is 1. The number of carbonyl (C=O) groups is 2. The molecular formula is C16H23ClN2O2. The highest BCUT2D eigenvalue weighted by molar-refractivity contribution is 5.97. The van der Waals surface area contributed by atoms with E-state index in [1.807, 2.05) is 31.2 Å². The molecule has 2 N–H and O–H groups in total. The third-order valence-electron chi connectivity index (χ3n) is 3.75. The van der Waals surface area contributed by atoms with E-state index in [-0.39, 0.29) is 43.0 Å². The number of nitrogens with two attached hydrogens (primary N) is 1. The van der Waals surface area contributed by atoms with Crippen molar-refractivity contribution in [2.45, 2.75) is 38.6 Å². The Bertz CT molecular complexity index is 488. The summed E-state index contributed by atoms with van der Waals surface area (Å²) in [5.74, 6) is 0.0697. The van der Waals surface area contributed by atoms with Crippen LogP contribution < -0.4 is 5.73 Å². The van der Waals surface area contributed by atoms with Crippen LogP contribution in [0.15, 0.2) is 24.3 Å². The predicted molar refractivity (Wildman–Crippen MR) is 85.8 cm³/mol. The van der Waals surface area contributed by atoms with Gasteiger partial charge in [-0.1, -0.05) is 29.8 Å². The molecule has 1 atom stereocenters. The summed E-state index contributed by atoms with van der Waals surface area (Å²) < 4.78 is 0. The van der Waals surface area contributed by atoms with Gasteiger partial charge < -0.3 is 10.6 Å². The van der Waals surface area contributed by atoms with Crippen molar-refractivity contribution in [1.29, 1.82) is 0 Å². The zero-order chi connectivity index (χ0) is 14.5. The minimum Gasteiger partial charge on any atom is -0.341 e. The van der Waals surface area contributed by atoms with Gasteiger partial charge in [0.1, 0.15) is 0 Å². The molecule has 1 unspecified atom stereocenters. The van der Waals surface area contributed by atoms with Crippen molar-refractivity contribution in [3.05, 3.63) is 35.4 Å². The lowest BCUT2D eigenvalue weighted by Gasteiger charge is -2.30. The minimum atomic E-state index is 0. The highest BCUT2D eigenvalue weighted by Gasteiger charge is 2.21. The summed E-state index contributed by atoms with van der Waals surface area (Å²) in [5, 5.41) is 0. The molecule has 0 bridgehead atoms. The molecule has 2 rings (SSSR count). The van der Waals surface area contributed by atoms with Crippen molar-refractivity contribution in [3.63, 3.8) is 0 Å². The zero-order valence-electron chi connectivity index (χ0n) is 12.4. The van der Waals surface area contributed by atoms with E-state index in [4.69, 9.17) is 5.73 Å². The molecule has 1 heterocycles. The summed E-state index contributed by atoms with van der Waals surface area (Å²) in [6.45, 7) is 3.38. The lowest BCUT2D eigenvalue weighted by Crippen LogP contribution is -2.45. The number of likely N-dealkylation sites (tertiary alicyclic amines) is 1. The quantitative estimate of drug-likeness (QED) is 0.868. The first kappa shape index (κ1) is 17.7. The van der Waals surface area contributed by atoms with Crippen molar-refractivity contribution >= 4 is 24.1 Å². The van der Waals surface area contributed by atoms with Crippen LogP contribution in [0.3, 0.4) is 0 Å². The molecule has 1 saturated heterocycles. The third-order valence-corrected chi connectivity index (χ3v) is 3.75. The zero-order valence-corrected chi connectivity index (χ0v) is 13.2. The molecule has 1 aromatic carbocycles. The summed E-state index contributed by atoms with van der Waals surface area (Å²) >= 11 is 0. The molecule has 1 aliphatic heterocycles. The van der Waals surface area contributed by atoms with Crippen LogP contribution >= 0.6 is 12.4 Å². The van der Waals surface area contributed by atoms with Crippen molar-refractivity contribution in [2.75, 3.05) is 13.1 Å². The van der Waals surface area contributed by atoms with Crippen LogP contribution in [0.2, 0.25) is 0 Å². The first-order chi connectivity index (χ1) is 9.56. The van der Waals surface area contributed by atoms with Crippen LogP contribution in [-0.2, 0) is 4.79 Å². The molecule has 1 aliphatic rings. The average Bonchev–Trinajstić information content (AvgIpc) is 2.45. The molecule has 21 heavy (non-hydrogen) atoms. The molecule has 1 aromatic rings. The van der Waals surface area contributed by atoms with Crippen molar-refractivity contribution in [2.24, 2.45) is 5.73 Å². The van der Waals surface area contributed by atoms with Gasteiger partial charge in [0.05, 0.1) is 0 Å². The van der Waals surface area contributed by atoms with Crippen LogP contribution in [-0.4, -0.2) is 35.7 Å². The maximum absolute atomic E-state index is 12.1. The second-order valence-corrected chi connectivity index (χ2v) is 5.53. The topological polar surface area (TPSA) is 63.4 Å². The number of hydrogen-bond donors (Lipinski definition) is 1. The smallest absolute Gasteiger partial charge is 0.223 e. The molecule has 0 aromatic heterocycles. The monoisotopic (exact) mass is 310 g/mol. The van der Waals surface area contributed by atoms with E-state index in [1.165, 1.54) is 0 Å². The largest absolute Gasteiger partial charge is 0.341 e. The van der Waals surface area contributed by atoms with Gasteiger partial charge in [-0.05, 0) is 19.8 Å². The molecular weight excluding hydrogens is 288 g/mol. The van der Waals surface area contributed by atoms with Crippen molar-refractivity contribution < 1.29 is 9.59 Å². The van der Waals surface area contributed by atoms with E-state index < -0.39 is 0 Å². The van der Waals surface area contributed by atoms with Crippen LogP contribution in [0.4, 0.5) is 0 Å². The van der Waals surface area contributed by atoms with E-state index in [0.29, 0.717) is 12.1 Å². The molecule has 0 spiro atoms. The van der Waals surface area contributed by atoms with Crippen molar-refractivity contribution in [3.8, 4) is 0 Å². The Morgan fingerprint density at radius 3 is 2.52 bits per heavy atom. The van der Waals surface area contributed by atoms with Gasteiger partial charge in [-0.25, -0.2) is 0 Å². The fourth-order valence-electron chi connectivity index (χ4n) is 2.50. The molecule has 116 valence electrons. The number of nitrogens with zero attached hydrogens (tertiary/aromatic N) is 1. The Kier molecular flexibility index (Phi) is 6.85. The molecule has 1 fully saturated rings. The van der Waals surface area contributed by atoms with E-state index >= 15 is 0 Å². The van der Waals surface area contributed by atoms with Gasteiger partial charge in [-0.15, -0.1) is 12.4 Å². The van der Waals surface area contributed by atoms with Crippen molar-refractivity contribution in [1.82, 2.24) is 4.90 Å².